The van der Waals surface area contributed by atoms with Crippen LogP contribution in [0.4, 0.5) is 0 Å². The van der Waals surface area contributed by atoms with Crippen LogP contribution in [0.5, 0.6) is 0 Å². The van der Waals surface area contributed by atoms with Crippen LogP contribution in [-0.4, -0.2) is 13.1 Å². The van der Waals surface area contributed by atoms with Crippen LogP contribution in [0, 0.1) is 0 Å². The summed E-state index contributed by atoms with van der Waals surface area (Å²) in [6.07, 6.45) is 0. The van der Waals surface area contributed by atoms with Gasteiger partial charge in [0.05, 0.1) is 25.9 Å². The molecule has 0 radical (unpaired) electrons. The van der Waals surface area contributed by atoms with Crippen LogP contribution in [0.2, 0.25) is 5.02 Å². The standard InChI is InChI=1S/C16H15ClO3/c1-19-16(18)15-8-3-2-6-13(15)11-20-10-12-5-4-7-14(17)9-12/h2-9H,10-11H2,1H3. The first-order valence-corrected chi connectivity index (χ1v) is 6.57. The van der Waals surface area contributed by atoms with Gasteiger partial charge >= 0.3 is 5.97 Å². The first kappa shape index (κ1) is 14.6. The molecule has 0 bridgehead atoms. The fraction of sp³-hybridized carbons (Fsp3) is 0.188. The molecular weight excluding hydrogens is 276 g/mol. The zero-order chi connectivity index (χ0) is 14.4. The van der Waals surface area contributed by atoms with Gasteiger partial charge in [-0.2, -0.15) is 0 Å². The van der Waals surface area contributed by atoms with E-state index in [0.717, 1.165) is 11.1 Å². The van der Waals surface area contributed by atoms with Gasteiger partial charge in [0, 0.05) is 5.02 Å². The van der Waals surface area contributed by atoms with Gasteiger partial charge in [-0.1, -0.05) is 41.9 Å². The molecule has 3 nitrogen and oxygen atoms in total. The highest BCUT2D eigenvalue weighted by atomic mass is 35.5. The maximum atomic E-state index is 11.6. The van der Waals surface area contributed by atoms with E-state index in [0.29, 0.717) is 23.8 Å². The van der Waals surface area contributed by atoms with Gasteiger partial charge in [-0.05, 0) is 29.3 Å². The molecule has 0 spiro atoms. The molecule has 0 amide bonds. The van der Waals surface area contributed by atoms with Gasteiger partial charge < -0.3 is 9.47 Å². The number of benzene rings is 2. The molecule has 0 N–H and O–H groups in total. The van der Waals surface area contributed by atoms with Crippen LogP contribution >= 0.6 is 11.6 Å². The zero-order valence-corrected chi connectivity index (χ0v) is 11.9. The molecule has 0 atom stereocenters. The second-order valence-corrected chi connectivity index (χ2v) is 4.71. The predicted octanol–water partition coefficient (Wildman–Crippen LogP) is 3.84. The Bertz CT molecular complexity index is 596. The van der Waals surface area contributed by atoms with E-state index in [-0.39, 0.29) is 5.97 Å². The number of hydrogen-bond acceptors (Lipinski definition) is 3. The van der Waals surface area contributed by atoms with Gasteiger partial charge in [-0.3, -0.25) is 0 Å². The second-order valence-electron chi connectivity index (χ2n) is 4.27. The average molecular weight is 291 g/mol. The second kappa shape index (κ2) is 7.08. The largest absolute Gasteiger partial charge is 0.465 e. The van der Waals surface area contributed by atoms with E-state index < -0.39 is 0 Å². The van der Waals surface area contributed by atoms with Crippen molar-refractivity contribution in [2.45, 2.75) is 13.2 Å². The molecule has 0 heterocycles. The summed E-state index contributed by atoms with van der Waals surface area (Å²) in [6, 6.07) is 14.7. The third-order valence-corrected chi connectivity index (χ3v) is 3.07. The van der Waals surface area contributed by atoms with Crippen molar-refractivity contribution in [2.24, 2.45) is 0 Å². The van der Waals surface area contributed by atoms with Crippen molar-refractivity contribution >= 4 is 17.6 Å². The molecule has 0 aliphatic rings. The molecule has 4 heteroatoms. The summed E-state index contributed by atoms with van der Waals surface area (Å²) in [5, 5.41) is 0.682. The summed E-state index contributed by atoms with van der Waals surface area (Å²) in [5.74, 6) is -0.355. The summed E-state index contributed by atoms with van der Waals surface area (Å²) in [4.78, 5) is 11.6. The molecule has 0 unspecified atom stereocenters. The Morgan fingerprint density at radius 3 is 2.65 bits per heavy atom. The van der Waals surface area contributed by atoms with Gasteiger partial charge in [0.1, 0.15) is 0 Å². The third-order valence-electron chi connectivity index (χ3n) is 2.84. The van der Waals surface area contributed by atoms with E-state index in [4.69, 9.17) is 21.1 Å². The lowest BCUT2D eigenvalue weighted by molar-refractivity contribution is 0.0590. The first-order chi connectivity index (χ1) is 9.70. The minimum Gasteiger partial charge on any atom is -0.465 e. The molecule has 2 aromatic carbocycles. The Hall–Kier alpha value is -1.84. The van der Waals surface area contributed by atoms with Gasteiger partial charge in [-0.25, -0.2) is 4.79 Å². The Balaban J connectivity index is 1.99. The van der Waals surface area contributed by atoms with Crippen molar-refractivity contribution in [2.75, 3.05) is 7.11 Å². The molecule has 2 aromatic rings. The highest BCUT2D eigenvalue weighted by Crippen LogP contribution is 2.14. The van der Waals surface area contributed by atoms with E-state index in [9.17, 15) is 4.79 Å². The van der Waals surface area contributed by atoms with Crippen LogP contribution in [0.3, 0.4) is 0 Å². The number of rotatable bonds is 5. The molecule has 0 aliphatic carbocycles. The van der Waals surface area contributed by atoms with Crippen molar-refractivity contribution < 1.29 is 14.3 Å². The Kier molecular flexibility index (Phi) is 5.16. The number of hydrogen-bond donors (Lipinski definition) is 0. The van der Waals surface area contributed by atoms with Crippen molar-refractivity contribution in [1.82, 2.24) is 0 Å². The smallest absolute Gasteiger partial charge is 0.338 e. The van der Waals surface area contributed by atoms with Crippen LogP contribution in [0.15, 0.2) is 48.5 Å². The molecule has 0 fully saturated rings. The lowest BCUT2D eigenvalue weighted by Gasteiger charge is -2.09. The highest BCUT2D eigenvalue weighted by molar-refractivity contribution is 6.30. The monoisotopic (exact) mass is 290 g/mol. The van der Waals surface area contributed by atoms with Crippen LogP contribution in [-0.2, 0) is 22.7 Å². The highest BCUT2D eigenvalue weighted by Gasteiger charge is 2.10. The number of carbonyl (C=O) groups is 1. The Morgan fingerprint density at radius 2 is 1.90 bits per heavy atom. The van der Waals surface area contributed by atoms with Crippen molar-refractivity contribution in [3.05, 3.63) is 70.2 Å². The Morgan fingerprint density at radius 1 is 1.10 bits per heavy atom. The quantitative estimate of drug-likeness (QED) is 0.785. The third kappa shape index (κ3) is 3.83. The van der Waals surface area contributed by atoms with Crippen molar-refractivity contribution in [1.29, 1.82) is 0 Å². The predicted molar refractivity (Wildman–Crippen MR) is 77.7 cm³/mol. The summed E-state index contributed by atoms with van der Waals surface area (Å²) in [6.45, 7) is 0.786. The Labute approximate surface area is 123 Å². The summed E-state index contributed by atoms with van der Waals surface area (Å²) in [7, 11) is 1.37. The van der Waals surface area contributed by atoms with Crippen molar-refractivity contribution in [3.8, 4) is 0 Å². The number of methoxy groups -OCH3 is 1. The molecule has 2 rings (SSSR count). The number of esters is 1. The van der Waals surface area contributed by atoms with Gasteiger partial charge in [-0.15, -0.1) is 0 Å². The van der Waals surface area contributed by atoms with E-state index in [1.807, 2.05) is 36.4 Å². The van der Waals surface area contributed by atoms with Crippen molar-refractivity contribution in [3.63, 3.8) is 0 Å². The molecular formula is C16H15ClO3. The maximum absolute atomic E-state index is 11.6. The fourth-order valence-electron chi connectivity index (χ4n) is 1.86. The number of ether oxygens (including phenoxy) is 2. The maximum Gasteiger partial charge on any atom is 0.338 e. The first-order valence-electron chi connectivity index (χ1n) is 6.19. The van der Waals surface area contributed by atoms with E-state index in [2.05, 4.69) is 0 Å². The lowest BCUT2D eigenvalue weighted by atomic mass is 10.1. The van der Waals surface area contributed by atoms with Gasteiger partial charge in [0.25, 0.3) is 0 Å². The number of halogens is 1. The van der Waals surface area contributed by atoms with Crippen LogP contribution in [0.25, 0.3) is 0 Å². The average Bonchev–Trinajstić information content (AvgIpc) is 2.47. The summed E-state index contributed by atoms with van der Waals surface area (Å²) in [5.41, 5.74) is 2.33. The topological polar surface area (TPSA) is 35.5 Å². The zero-order valence-electron chi connectivity index (χ0n) is 11.1. The molecule has 20 heavy (non-hydrogen) atoms. The molecule has 0 saturated carbocycles. The van der Waals surface area contributed by atoms with Crippen LogP contribution in [0.1, 0.15) is 21.5 Å². The summed E-state index contributed by atoms with van der Waals surface area (Å²) < 4.78 is 10.4. The molecule has 0 aliphatic heterocycles. The van der Waals surface area contributed by atoms with E-state index in [1.165, 1.54) is 7.11 Å². The molecule has 0 aromatic heterocycles. The SMILES string of the molecule is COC(=O)c1ccccc1COCc1cccc(Cl)c1. The molecule has 104 valence electrons. The normalized spacial score (nSPS) is 10.3. The summed E-state index contributed by atoms with van der Waals surface area (Å²) >= 11 is 5.91. The van der Waals surface area contributed by atoms with E-state index >= 15 is 0 Å². The van der Waals surface area contributed by atoms with Crippen LogP contribution < -0.4 is 0 Å². The molecule has 0 saturated heterocycles. The number of carbonyl (C=O) groups excluding carboxylic acids is 1. The minimum atomic E-state index is -0.355. The van der Waals surface area contributed by atoms with Gasteiger partial charge in [0.2, 0.25) is 0 Å². The van der Waals surface area contributed by atoms with E-state index in [1.54, 1.807) is 12.1 Å². The van der Waals surface area contributed by atoms with Gasteiger partial charge in [0.15, 0.2) is 0 Å². The fourth-order valence-corrected chi connectivity index (χ4v) is 2.07. The lowest BCUT2D eigenvalue weighted by Crippen LogP contribution is -2.06. The minimum absolute atomic E-state index is 0.345.